The van der Waals surface area contributed by atoms with Gasteiger partial charge in [-0.3, -0.25) is 0 Å². The van der Waals surface area contributed by atoms with Crippen LogP contribution in [0.1, 0.15) is 12.5 Å². The maximum atomic E-state index is 12.0. The topological polar surface area (TPSA) is 54.5 Å². The highest BCUT2D eigenvalue weighted by Crippen LogP contribution is 2.20. The Balaban J connectivity index is 2.23. The number of anilines is 1. The molecule has 0 radical (unpaired) electrons. The standard InChI is InChI=1S/C13H19N3O2/c1-3-18-13(17)11-9-14-7-8-16(11)12-10(2)5-4-6-15-12/h4-6,11,14H,3,7-9H2,1-2H3. The van der Waals surface area contributed by atoms with Crippen molar-refractivity contribution >= 4 is 11.8 Å². The van der Waals surface area contributed by atoms with Crippen LogP contribution >= 0.6 is 0 Å². The van der Waals surface area contributed by atoms with Gasteiger partial charge in [0.2, 0.25) is 0 Å². The molecular formula is C13H19N3O2. The van der Waals surface area contributed by atoms with Crippen LogP contribution in [-0.4, -0.2) is 43.2 Å². The number of hydrogen-bond acceptors (Lipinski definition) is 5. The molecule has 0 aliphatic carbocycles. The first-order chi connectivity index (χ1) is 8.74. The SMILES string of the molecule is CCOC(=O)C1CNCCN1c1ncccc1C. The number of aromatic nitrogens is 1. The molecule has 5 heteroatoms. The molecule has 98 valence electrons. The van der Waals surface area contributed by atoms with E-state index < -0.39 is 0 Å². The molecule has 1 N–H and O–H groups in total. The van der Waals surface area contributed by atoms with Gasteiger partial charge in [0.05, 0.1) is 6.61 Å². The number of carbonyl (C=O) groups is 1. The van der Waals surface area contributed by atoms with Gasteiger partial charge in [-0.15, -0.1) is 0 Å². The largest absolute Gasteiger partial charge is 0.464 e. The summed E-state index contributed by atoms with van der Waals surface area (Å²) >= 11 is 0. The van der Waals surface area contributed by atoms with Crippen molar-refractivity contribution in [2.24, 2.45) is 0 Å². The van der Waals surface area contributed by atoms with Gasteiger partial charge in [-0.2, -0.15) is 0 Å². The Morgan fingerprint density at radius 1 is 1.67 bits per heavy atom. The van der Waals surface area contributed by atoms with E-state index in [0.29, 0.717) is 13.2 Å². The van der Waals surface area contributed by atoms with Gasteiger partial charge in [-0.1, -0.05) is 6.07 Å². The van der Waals surface area contributed by atoms with Crippen LogP contribution in [0.25, 0.3) is 0 Å². The number of carbonyl (C=O) groups excluding carboxylic acids is 1. The molecule has 1 saturated heterocycles. The van der Waals surface area contributed by atoms with Gasteiger partial charge in [0.15, 0.2) is 0 Å². The zero-order valence-electron chi connectivity index (χ0n) is 10.8. The van der Waals surface area contributed by atoms with Gasteiger partial charge >= 0.3 is 5.97 Å². The van der Waals surface area contributed by atoms with Crippen LogP contribution in [0.15, 0.2) is 18.3 Å². The van der Waals surface area contributed by atoms with Gasteiger partial charge in [-0.05, 0) is 25.5 Å². The van der Waals surface area contributed by atoms with Gasteiger partial charge in [0.1, 0.15) is 11.9 Å². The van der Waals surface area contributed by atoms with Crippen molar-refractivity contribution in [2.45, 2.75) is 19.9 Å². The Morgan fingerprint density at radius 3 is 3.22 bits per heavy atom. The predicted octanol–water partition coefficient (Wildman–Crippen LogP) is 0.731. The van der Waals surface area contributed by atoms with Crippen molar-refractivity contribution < 1.29 is 9.53 Å². The van der Waals surface area contributed by atoms with Gasteiger partial charge in [-0.25, -0.2) is 9.78 Å². The zero-order valence-corrected chi connectivity index (χ0v) is 10.8. The predicted molar refractivity (Wildman–Crippen MR) is 69.6 cm³/mol. The van der Waals surface area contributed by atoms with E-state index >= 15 is 0 Å². The molecule has 1 aliphatic rings. The van der Waals surface area contributed by atoms with E-state index in [1.807, 2.05) is 30.9 Å². The first kappa shape index (κ1) is 12.8. The molecule has 1 atom stereocenters. The number of esters is 1. The second-order valence-electron chi connectivity index (χ2n) is 4.31. The van der Waals surface area contributed by atoms with Crippen molar-refractivity contribution in [3.8, 4) is 0 Å². The van der Waals surface area contributed by atoms with Crippen LogP contribution in [0.4, 0.5) is 5.82 Å². The fraction of sp³-hybridized carbons (Fsp3) is 0.538. The first-order valence-electron chi connectivity index (χ1n) is 6.29. The number of pyridine rings is 1. The van der Waals surface area contributed by atoms with Crippen LogP contribution in [-0.2, 0) is 9.53 Å². The molecule has 5 nitrogen and oxygen atoms in total. The van der Waals surface area contributed by atoms with Crippen molar-refractivity contribution in [3.05, 3.63) is 23.9 Å². The summed E-state index contributed by atoms with van der Waals surface area (Å²) in [4.78, 5) is 18.4. The number of rotatable bonds is 3. The fourth-order valence-electron chi connectivity index (χ4n) is 2.18. The molecule has 1 aliphatic heterocycles. The average Bonchev–Trinajstić information content (AvgIpc) is 2.40. The normalized spacial score (nSPS) is 19.7. The van der Waals surface area contributed by atoms with Crippen LogP contribution in [0.5, 0.6) is 0 Å². The lowest BCUT2D eigenvalue weighted by Crippen LogP contribution is -2.56. The Kier molecular flexibility index (Phi) is 4.15. The Morgan fingerprint density at radius 2 is 2.50 bits per heavy atom. The summed E-state index contributed by atoms with van der Waals surface area (Å²) in [5, 5.41) is 3.22. The molecule has 0 amide bonds. The van der Waals surface area contributed by atoms with Crippen LogP contribution in [0.3, 0.4) is 0 Å². The summed E-state index contributed by atoms with van der Waals surface area (Å²) < 4.78 is 5.12. The molecule has 0 aromatic carbocycles. The molecule has 0 bridgehead atoms. The summed E-state index contributed by atoms with van der Waals surface area (Å²) in [6, 6.07) is 3.62. The van der Waals surface area contributed by atoms with Crippen molar-refractivity contribution in [1.82, 2.24) is 10.3 Å². The molecule has 2 rings (SSSR count). The van der Waals surface area contributed by atoms with Gasteiger partial charge in [0, 0.05) is 25.8 Å². The first-order valence-corrected chi connectivity index (χ1v) is 6.29. The Labute approximate surface area is 107 Å². The highest BCUT2D eigenvalue weighted by atomic mass is 16.5. The summed E-state index contributed by atoms with van der Waals surface area (Å²) in [6.45, 7) is 6.46. The maximum absolute atomic E-state index is 12.0. The second-order valence-corrected chi connectivity index (χ2v) is 4.31. The summed E-state index contributed by atoms with van der Waals surface area (Å²) in [5.74, 6) is 0.687. The fourth-order valence-corrected chi connectivity index (χ4v) is 2.18. The van der Waals surface area contributed by atoms with E-state index in [4.69, 9.17) is 4.74 Å². The van der Waals surface area contributed by atoms with Gasteiger partial charge in [0.25, 0.3) is 0 Å². The molecule has 2 heterocycles. The lowest BCUT2D eigenvalue weighted by atomic mass is 10.1. The van der Waals surface area contributed by atoms with Crippen molar-refractivity contribution in [3.63, 3.8) is 0 Å². The van der Waals surface area contributed by atoms with Crippen molar-refractivity contribution in [2.75, 3.05) is 31.1 Å². The Bertz CT molecular complexity index is 422. The molecule has 0 spiro atoms. The highest BCUT2D eigenvalue weighted by Gasteiger charge is 2.31. The highest BCUT2D eigenvalue weighted by molar-refractivity contribution is 5.80. The number of hydrogen-bond donors (Lipinski definition) is 1. The third-order valence-corrected chi connectivity index (χ3v) is 3.06. The minimum atomic E-state index is -0.285. The quantitative estimate of drug-likeness (QED) is 0.800. The molecule has 1 aromatic rings. The average molecular weight is 249 g/mol. The second kappa shape index (κ2) is 5.82. The molecule has 1 fully saturated rings. The minimum Gasteiger partial charge on any atom is -0.464 e. The van der Waals surface area contributed by atoms with E-state index in [0.717, 1.165) is 24.5 Å². The smallest absolute Gasteiger partial charge is 0.330 e. The van der Waals surface area contributed by atoms with Crippen LogP contribution < -0.4 is 10.2 Å². The van der Waals surface area contributed by atoms with Crippen LogP contribution in [0, 0.1) is 6.92 Å². The molecule has 1 aromatic heterocycles. The third kappa shape index (κ3) is 2.61. The van der Waals surface area contributed by atoms with E-state index in [9.17, 15) is 4.79 Å². The molecular weight excluding hydrogens is 230 g/mol. The number of nitrogens with zero attached hydrogens (tertiary/aromatic N) is 2. The third-order valence-electron chi connectivity index (χ3n) is 3.06. The van der Waals surface area contributed by atoms with Crippen molar-refractivity contribution in [1.29, 1.82) is 0 Å². The lowest BCUT2D eigenvalue weighted by Gasteiger charge is -2.36. The Hall–Kier alpha value is -1.62. The van der Waals surface area contributed by atoms with E-state index in [1.54, 1.807) is 6.20 Å². The number of nitrogens with one attached hydrogen (secondary N) is 1. The maximum Gasteiger partial charge on any atom is 0.330 e. The minimum absolute atomic E-state index is 0.185. The van der Waals surface area contributed by atoms with E-state index in [-0.39, 0.29) is 12.0 Å². The molecule has 18 heavy (non-hydrogen) atoms. The van der Waals surface area contributed by atoms with Gasteiger partial charge < -0.3 is 15.0 Å². The molecule has 1 unspecified atom stereocenters. The van der Waals surface area contributed by atoms with E-state index in [1.165, 1.54) is 0 Å². The molecule has 0 saturated carbocycles. The summed E-state index contributed by atoms with van der Waals surface area (Å²) in [6.07, 6.45) is 1.76. The lowest BCUT2D eigenvalue weighted by molar-refractivity contribution is -0.144. The number of aryl methyl sites for hydroxylation is 1. The number of ether oxygens (including phenoxy) is 1. The summed E-state index contributed by atoms with van der Waals surface area (Å²) in [5.41, 5.74) is 1.08. The van der Waals surface area contributed by atoms with Crippen LogP contribution in [0.2, 0.25) is 0 Å². The number of piperazine rings is 1. The zero-order chi connectivity index (χ0) is 13.0. The summed E-state index contributed by atoms with van der Waals surface area (Å²) in [7, 11) is 0. The van der Waals surface area contributed by atoms with E-state index in [2.05, 4.69) is 10.3 Å². The monoisotopic (exact) mass is 249 g/mol.